The minimum absolute atomic E-state index is 0.0103. The first-order valence-electron chi connectivity index (χ1n) is 11.4. The Bertz CT molecular complexity index is 1210. The number of hydrogen-bond donors (Lipinski definition) is 0. The number of halogens is 2. The molecule has 4 saturated carbocycles. The summed E-state index contributed by atoms with van der Waals surface area (Å²) in [6.45, 7) is -2.88. The van der Waals surface area contributed by atoms with Crippen LogP contribution in [0.25, 0.3) is 11.5 Å². The van der Waals surface area contributed by atoms with Gasteiger partial charge in [0.05, 0.1) is 10.5 Å². The predicted molar refractivity (Wildman–Crippen MR) is 114 cm³/mol. The molecule has 34 heavy (non-hydrogen) atoms. The van der Waals surface area contributed by atoms with Crippen LogP contribution in [0.5, 0.6) is 5.75 Å². The van der Waals surface area contributed by atoms with E-state index in [2.05, 4.69) is 20.0 Å². The van der Waals surface area contributed by atoms with Crippen molar-refractivity contribution in [1.82, 2.24) is 20.0 Å². The number of aromatic nitrogens is 4. The number of benzene rings is 1. The number of rotatable bonds is 7. The van der Waals surface area contributed by atoms with Gasteiger partial charge in [0, 0.05) is 12.0 Å². The molecule has 4 fully saturated rings. The molecule has 0 spiro atoms. The molecule has 2 heterocycles. The Morgan fingerprint density at radius 1 is 1.18 bits per heavy atom. The largest absolute Gasteiger partial charge is 0.435 e. The monoisotopic (exact) mass is 471 g/mol. The Morgan fingerprint density at radius 2 is 1.91 bits per heavy atom. The molecule has 2 atom stereocenters. The van der Waals surface area contributed by atoms with Crippen molar-refractivity contribution >= 4 is 5.69 Å². The van der Waals surface area contributed by atoms with E-state index in [1.807, 2.05) is 4.68 Å². The third-order valence-electron chi connectivity index (χ3n) is 7.74. The lowest BCUT2D eigenvalue weighted by molar-refractivity contribution is -0.385. The zero-order valence-corrected chi connectivity index (χ0v) is 18.3. The third kappa shape index (κ3) is 3.63. The molecule has 11 heteroatoms. The van der Waals surface area contributed by atoms with E-state index < -0.39 is 11.5 Å². The summed E-state index contributed by atoms with van der Waals surface area (Å²) < 4.78 is 37.0. The lowest BCUT2D eigenvalue weighted by atomic mass is 9.46. The van der Waals surface area contributed by atoms with Gasteiger partial charge in [-0.2, -0.15) is 13.9 Å². The summed E-state index contributed by atoms with van der Waals surface area (Å²) >= 11 is 0. The average Bonchev–Trinajstić information content (AvgIpc) is 3.43. The fourth-order valence-corrected chi connectivity index (χ4v) is 7.09. The second-order valence-electron chi connectivity index (χ2n) is 10.2. The van der Waals surface area contributed by atoms with Crippen molar-refractivity contribution in [2.45, 2.75) is 57.1 Å². The number of ether oxygens (including phenoxy) is 1. The second kappa shape index (κ2) is 7.57. The van der Waals surface area contributed by atoms with Crippen molar-refractivity contribution in [2.75, 3.05) is 0 Å². The molecule has 4 aliphatic rings. The molecule has 4 bridgehead atoms. The van der Waals surface area contributed by atoms with Crippen LogP contribution in [0.4, 0.5) is 14.5 Å². The highest BCUT2D eigenvalue weighted by atomic mass is 19.3. The Labute approximate surface area is 193 Å². The fourth-order valence-electron chi connectivity index (χ4n) is 7.09. The van der Waals surface area contributed by atoms with Crippen LogP contribution in [0.2, 0.25) is 0 Å². The molecule has 1 aromatic carbocycles. The maximum Gasteiger partial charge on any atom is 0.387 e. The smallest absolute Gasteiger partial charge is 0.387 e. The summed E-state index contributed by atoms with van der Waals surface area (Å²) in [5.74, 6) is 2.05. The normalized spacial score (nSPS) is 29.6. The molecule has 3 aromatic rings. The summed E-state index contributed by atoms with van der Waals surface area (Å²) in [6, 6.07) is 6.10. The van der Waals surface area contributed by atoms with Crippen LogP contribution in [0.15, 0.2) is 41.1 Å². The Hall–Kier alpha value is -3.37. The van der Waals surface area contributed by atoms with Gasteiger partial charge in [-0.15, -0.1) is 10.2 Å². The molecule has 7 rings (SSSR count). The van der Waals surface area contributed by atoms with Crippen molar-refractivity contribution in [3.8, 4) is 17.2 Å². The molecule has 0 radical (unpaired) electrons. The zero-order chi connectivity index (χ0) is 23.5. The van der Waals surface area contributed by atoms with Gasteiger partial charge in [0.1, 0.15) is 18.1 Å². The van der Waals surface area contributed by atoms with Crippen molar-refractivity contribution < 1.29 is 22.9 Å². The van der Waals surface area contributed by atoms with E-state index in [1.165, 1.54) is 24.8 Å². The SMILES string of the molecule is O=[N+]([O-])c1cnn(C23CC4CC(CC(Cc5nnc(-c6ccc(OC(F)F)cc6)o5)(C4)C2)C3)c1. The van der Waals surface area contributed by atoms with E-state index in [1.54, 1.807) is 18.3 Å². The highest BCUT2D eigenvalue weighted by Gasteiger charge is 2.59. The van der Waals surface area contributed by atoms with Crippen molar-refractivity contribution in [1.29, 1.82) is 0 Å². The summed E-state index contributed by atoms with van der Waals surface area (Å²) in [5.41, 5.74) is 0.438. The minimum atomic E-state index is -2.88. The van der Waals surface area contributed by atoms with Crippen LogP contribution in [0.3, 0.4) is 0 Å². The fraction of sp³-hybridized carbons (Fsp3) is 0.522. The van der Waals surface area contributed by atoms with Crippen LogP contribution in [0.1, 0.15) is 44.4 Å². The number of alkyl halides is 2. The third-order valence-corrected chi connectivity index (χ3v) is 7.74. The van der Waals surface area contributed by atoms with E-state index >= 15 is 0 Å². The van der Waals surface area contributed by atoms with E-state index in [0.29, 0.717) is 35.6 Å². The predicted octanol–water partition coefficient (Wildman–Crippen LogP) is 4.98. The number of nitrogens with zero attached hydrogens (tertiary/aromatic N) is 5. The van der Waals surface area contributed by atoms with Crippen LogP contribution < -0.4 is 4.74 Å². The van der Waals surface area contributed by atoms with Crippen molar-refractivity contribution in [3.63, 3.8) is 0 Å². The van der Waals surface area contributed by atoms with Gasteiger partial charge in [-0.3, -0.25) is 14.8 Å². The van der Waals surface area contributed by atoms with Crippen molar-refractivity contribution in [2.24, 2.45) is 17.3 Å². The maximum absolute atomic E-state index is 12.4. The van der Waals surface area contributed by atoms with Gasteiger partial charge in [-0.1, -0.05) is 0 Å². The van der Waals surface area contributed by atoms with E-state index in [0.717, 1.165) is 32.1 Å². The molecule has 2 unspecified atom stereocenters. The first-order chi connectivity index (χ1) is 16.3. The van der Waals surface area contributed by atoms with Gasteiger partial charge in [0.2, 0.25) is 11.8 Å². The molecule has 2 aromatic heterocycles. The van der Waals surface area contributed by atoms with Gasteiger partial charge in [-0.25, -0.2) is 0 Å². The highest BCUT2D eigenvalue weighted by Crippen LogP contribution is 2.65. The van der Waals surface area contributed by atoms with E-state index in [4.69, 9.17) is 4.42 Å². The quantitative estimate of drug-likeness (QED) is 0.353. The molecule has 0 N–H and O–H groups in total. The minimum Gasteiger partial charge on any atom is -0.435 e. The van der Waals surface area contributed by atoms with Gasteiger partial charge in [0.15, 0.2) is 0 Å². The molecule has 0 amide bonds. The Balaban J connectivity index is 1.23. The molecule has 9 nitrogen and oxygen atoms in total. The maximum atomic E-state index is 12.4. The van der Waals surface area contributed by atoms with Gasteiger partial charge in [0.25, 0.3) is 0 Å². The van der Waals surface area contributed by atoms with Crippen molar-refractivity contribution in [3.05, 3.63) is 52.7 Å². The molecular formula is C23H23F2N5O4. The standard InChI is InChI=1S/C23H23F2N5O4/c24-21(25)33-18-3-1-16(2-4-18)20-28-27-19(34-20)10-22-6-14-5-15(7-22)9-23(8-14,13-22)29-12-17(11-26-29)30(31)32/h1-4,11-12,14-15,21H,5-10,13H2. The molecule has 178 valence electrons. The second-order valence-corrected chi connectivity index (χ2v) is 10.2. The lowest BCUT2D eigenvalue weighted by Gasteiger charge is -2.61. The van der Waals surface area contributed by atoms with Crippen LogP contribution in [-0.4, -0.2) is 31.5 Å². The van der Waals surface area contributed by atoms with Gasteiger partial charge in [-0.05, 0) is 80.0 Å². The number of nitro groups is 1. The van der Waals surface area contributed by atoms with Crippen LogP contribution >= 0.6 is 0 Å². The summed E-state index contributed by atoms with van der Waals surface area (Å²) in [7, 11) is 0. The summed E-state index contributed by atoms with van der Waals surface area (Å²) in [6.07, 6.45) is 9.76. The summed E-state index contributed by atoms with van der Waals surface area (Å²) in [4.78, 5) is 10.8. The zero-order valence-electron chi connectivity index (χ0n) is 18.3. The van der Waals surface area contributed by atoms with Crippen LogP contribution in [-0.2, 0) is 12.0 Å². The Kier molecular flexibility index (Phi) is 4.72. The molecule has 0 saturated heterocycles. The summed E-state index contributed by atoms with van der Waals surface area (Å²) in [5, 5.41) is 24.1. The molecule has 0 aliphatic heterocycles. The lowest BCUT2D eigenvalue weighted by Crippen LogP contribution is -2.57. The Morgan fingerprint density at radius 3 is 2.56 bits per heavy atom. The first kappa shape index (κ1) is 21.2. The number of hydrogen-bond acceptors (Lipinski definition) is 7. The molecular weight excluding hydrogens is 448 g/mol. The average molecular weight is 471 g/mol. The topological polar surface area (TPSA) is 109 Å². The van der Waals surface area contributed by atoms with Crippen LogP contribution in [0, 0.1) is 27.4 Å². The van der Waals surface area contributed by atoms with E-state index in [-0.39, 0.29) is 22.4 Å². The van der Waals surface area contributed by atoms with Gasteiger partial charge < -0.3 is 9.15 Å². The molecule has 4 aliphatic carbocycles. The highest BCUT2D eigenvalue weighted by molar-refractivity contribution is 5.54. The van der Waals surface area contributed by atoms with Gasteiger partial charge >= 0.3 is 12.3 Å². The van der Waals surface area contributed by atoms with E-state index in [9.17, 15) is 18.9 Å². The first-order valence-corrected chi connectivity index (χ1v) is 11.4.